The highest BCUT2D eigenvalue weighted by molar-refractivity contribution is 5.81. The van der Waals surface area contributed by atoms with Crippen LogP contribution in [0.1, 0.15) is 25.3 Å². The number of nitrogens with one attached hydrogen (secondary N) is 1. The highest BCUT2D eigenvalue weighted by Crippen LogP contribution is 2.28. The predicted octanol–water partition coefficient (Wildman–Crippen LogP) is 1.93. The van der Waals surface area contributed by atoms with Crippen LogP contribution in [0.3, 0.4) is 0 Å². The Labute approximate surface area is 125 Å². The van der Waals surface area contributed by atoms with Gasteiger partial charge in [-0.3, -0.25) is 4.79 Å². The smallest absolute Gasteiger partial charge is 0.249 e. The van der Waals surface area contributed by atoms with Crippen molar-refractivity contribution in [1.29, 1.82) is 0 Å². The summed E-state index contributed by atoms with van der Waals surface area (Å²) in [5, 5.41) is 2.90. The van der Waals surface area contributed by atoms with Crippen molar-refractivity contribution in [3.05, 3.63) is 23.8 Å². The number of benzene rings is 1. The minimum absolute atomic E-state index is 0.00554. The van der Waals surface area contributed by atoms with E-state index in [9.17, 15) is 4.79 Å². The molecule has 1 saturated heterocycles. The number of hydrogen-bond donors (Lipinski definition) is 1. The molecule has 0 radical (unpaired) electrons. The third kappa shape index (κ3) is 4.36. The summed E-state index contributed by atoms with van der Waals surface area (Å²) < 4.78 is 15.9. The SMILES string of the molecule is CCOc1cc(CCCNC(=O)[C@H]2CCO2)ccc1OC. The summed E-state index contributed by atoms with van der Waals surface area (Å²) in [6, 6.07) is 5.94. The molecule has 1 N–H and O–H groups in total. The number of carbonyl (C=O) groups is 1. The van der Waals surface area contributed by atoms with Crippen molar-refractivity contribution in [3.8, 4) is 11.5 Å². The van der Waals surface area contributed by atoms with Gasteiger partial charge in [0.1, 0.15) is 6.10 Å². The Hall–Kier alpha value is -1.75. The molecule has 0 bridgehead atoms. The molecule has 1 aliphatic heterocycles. The first-order valence-corrected chi connectivity index (χ1v) is 7.43. The second-order valence-electron chi connectivity index (χ2n) is 4.96. The van der Waals surface area contributed by atoms with E-state index < -0.39 is 0 Å². The van der Waals surface area contributed by atoms with E-state index in [1.165, 1.54) is 5.56 Å². The molecule has 0 aliphatic carbocycles. The fraction of sp³-hybridized carbons (Fsp3) is 0.562. The van der Waals surface area contributed by atoms with Crippen molar-refractivity contribution in [2.24, 2.45) is 0 Å². The van der Waals surface area contributed by atoms with Gasteiger partial charge in [0.15, 0.2) is 11.5 Å². The average molecular weight is 293 g/mol. The van der Waals surface area contributed by atoms with Crippen LogP contribution in [0.5, 0.6) is 11.5 Å². The van der Waals surface area contributed by atoms with Crippen molar-refractivity contribution >= 4 is 5.91 Å². The third-order valence-electron chi connectivity index (χ3n) is 3.46. The topological polar surface area (TPSA) is 56.8 Å². The summed E-state index contributed by atoms with van der Waals surface area (Å²) >= 11 is 0. The van der Waals surface area contributed by atoms with Crippen LogP contribution in [0.2, 0.25) is 0 Å². The number of rotatable bonds is 8. The maximum Gasteiger partial charge on any atom is 0.249 e. The summed E-state index contributed by atoms with van der Waals surface area (Å²) in [6.45, 7) is 3.92. The normalized spacial score (nSPS) is 17.0. The molecule has 0 aromatic heterocycles. The van der Waals surface area contributed by atoms with E-state index in [1.54, 1.807) is 7.11 Å². The molecule has 1 atom stereocenters. The van der Waals surface area contributed by atoms with Crippen LogP contribution in [0.4, 0.5) is 0 Å². The first-order valence-electron chi connectivity index (χ1n) is 7.43. The number of carbonyl (C=O) groups excluding carboxylic acids is 1. The molecule has 1 fully saturated rings. The Kier molecular flexibility index (Phi) is 5.87. The standard InChI is InChI=1S/C16H23NO4/c1-3-20-15-11-12(6-7-13(15)19-2)5-4-9-17-16(18)14-8-10-21-14/h6-7,11,14H,3-5,8-10H2,1-2H3,(H,17,18)/t14-/m1/s1. The molecular formula is C16H23NO4. The number of ether oxygens (including phenoxy) is 3. The van der Waals surface area contributed by atoms with E-state index in [2.05, 4.69) is 5.32 Å². The Morgan fingerprint density at radius 3 is 2.86 bits per heavy atom. The second kappa shape index (κ2) is 7.88. The molecule has 21 heavy (non-hydrogen) atoms. The van der Waals surface area contributed by atoms with E-state index in [4.69, 9.17) is 14.2 Å². The molecule has 1 aromatic rings. The Bertz CT molecular complexity index is 471. The molecule has 116 valence electrons. The van der Waals surface area contributed by atoms with Crippen molar-refractivity contribution in [1.82, 2.24) is 5.32 Å². The maximum atomic E-state index is 11.6. The maximum absolute atomic E-state index is 11.6. The molecule has 1 aliphatic rings. The molecule has 1 amide bonds. The monoisotopic (exact) mass is 293 g/mol. The Morgan fingerprint density at radius 2 is 2.24 bits per heavy atom. The summed E-state index contributed by atoms with van der Waals surface area (Å²) in [6.07, 6.45) is 2.38. The second-order valence-corrected chi connectivity index (χ2v) is 4.96. The first-order chi connectivity index (χ1) is 10.2. The van der Waals surface area contributed by atoms with E-state index in [0.717, 1.165) is 30.8 Å². The van der Waals surface area contributed by atoms with Crippen molar-refractivity contribution in [2.75, 3.05) is 26.9 Å². The van der Waals surface area contributed by atoms with Crippen LogP contribution in [0.15, 0.2) is 18.2 Å². The number of aryl methyl sites for hydroxylation is 1. The van der Waals surface area contributed by atoms with Crippen molar-refractivity contribution in [2.45, 2.75) is 32.3 Å². The van der Waals surface area contributed by atoms with Crippen LogP contribution in [0.25, 0.3) is 0 Å². The predicted molar refractivity (Wildman–Crippen MR) is 79.9 cm³/mol. The van der Waals surface area contributed by atoms with Gasteiger partial charge in [-0.2, -0.15) is 0 Å². The fourth-order valence-electron chi connectivity index (χ4n) is 2.21. The average Bonchev–Trinajstić information content (AvgIpc) is 2.42. The summed E-state index contributed by atoms with van der Waals surface area (Å²) in [5.74, 6) is 1.52. The van der Waals surface area contributed by atoms with Crippen LogP contribution in [-0.2, 0) is 16.0 Å². The largest absolute Gasteiger partial charge is 0.493 e. The molecular weight excluding hydrogens is 270 g/mol. The lowest BCUT2D eigenvalue weighted by atomic mass is 10.1. The van der Waals surface area contributed by atoms with Gasteiger partial charge in [-0.15, -0.1) is 0 Å². The van der Waals surface area contributed by atoms with Crippen molar-refractivity contribution < 1.29 is 19.0 Å². The van der Waals surface area contributed by atoms with Gasteiger partial charge >= 0.3 is 0 Å². The first kappa shape index (κ1) is 15.6. The Morgan fingerprint density at radius 1 is 1.43 bits per heavy atom. The third-order valence-corrected chi connectivity index (χ3v) is 3.46. The zero-order chi connectivity index (χ0) is 15.1. The van der Waals surface area contributed by atoms with Crippen LogP contribution in [0, 0.1) is 0 Å². The van der Waals surface area contributed by atoms with Gasteiger partial charge in [-0.25, -0.2) is 0 Å². The fourth-order valence-corrected chi connectivity index (χ4v) is 2.21. The molecule has 5 heteroatoms. The van der Waals surface area contributed by atoms with Crippen LogP contribution >= 0.6 is 0 Å². The lowest BCUT2D eigenvalue weighted by molar-refractivity contribution is -0.144. The van der Waals surface area contributed by atoms with E-state index >= 15 is 0 Å². The minimum Gasteiger partial charge on any atom is -0.493 e. The molecule has 0 spiro atoms. The van der Waals surface area contributed by atoms with Crippen molar-refractivity contribution in [3.63, 3.8) is 0 Å². The van der Waals surface area contributed by atoms with Crippen LogP contribution < -0.4 is 14.8 Å². The van der Waals surface area contributed by atoms with Gasteiger partial charge in [0.05, 0.1) is 20.3 Å². The lowest BCUT2D eigenvalue weighted by Crippen LogP contribution is -2.43. The molecule has 0 saturated carbocycles. The zero-order valence-electron chi connectivity index (χ0n) is 12.7. The molecule has 1 heterocycles. The molecule has 0 unspecified atom stereocenters. The Balaban J connectivity index is 1.77. The number of hydrogen-bond acceptors (Lipinski definition) is 4. The lowest BCUT2D eigenvalue weighted by Gasteiger charge is -2.25. The highest BCUT2D eigenvalue weighted by Gasteiger charge is 2.25. The zero-order valence-corrected chi connectivity index (χ0v) is 12.7. The van der Waals surface area contributed by atoms with Gasteiger partial charge in [0.2, 0.25) is 5.91 Å². The van der Waals surface area contributed by atoms with Gasteiger partial charge < -0.3 is 19.5 Å². The van der Waals surface area contributed by atoms with Gasteiger partial charge in [0.25, 0.3) is 0 Å². The van der Waals surface area contributed by atoms with Gasteiger partial charge in [-0.05, 0) is 37.5 Å². The number of amides is 1. The summed E-state index contributed by atoms with van der Waals surface area (Å²) in [4.78, 5) is 11.6. The highest BCUT2D eigenvalue weighted by atomic mass is 16.5. The van der Waals surface area contributed by atoms with E-state index in [0.29, 0.717) is 19.8 Å². The minimum atomic E-state index is -0.226. The van der Waals surface area contributed by atoms with E-state index in [-0.39, 0.29) is 12.0 Å². The van der Waals surface area contributed by atoms with E-state index in [1.807, 2.05) is 25.1 Å². The quantitative estimate of drug-likeness (QED) is 0.744. The van der Waals surface area contributed by atoms with Crippen LogP contribution in [-0.4, -0.2) is 38.9 Å². The summed E-state index contributed by atoms with van der Waals surface area (Å²) in [7, 11) is 1.63. The molecule has 2 rings (SSSR count). The number of methoxy groups -OCH3 is 1. The summed E-state index contributed by atoms with van der Waals surface area (Å²) in [5.41, 5.74) is 1.17. The van der Waals surface area contributed by atoms with Gasteiger partial charge in [0, 0.05) is 13.0 Å². The van der Waals surface area contributed by atoms with Gasteiger partial charge in [-0.1, -0.05) is 6.07 Å². The molecule has 1 aromatic carbocycles. The molecule has 5 nitrogen and oxygen atoms in total.